The van der Waals surface area contributed by atoms with Crippen LogP contribution in [0.4, 0.5) is 0 Å². The van der Waals surface area contributed by atoms with E-state index in [4.69, 9.17) is 19.4 Å². The second-order valence-electron chi connectivity index (χ2n) is 11.3. The molecule has 9 rings (SSSR count). The summed E-state index contributed by atoms with van der Waals surface area (Å²) in [5.41, 5.74) is 10.6. The molecule has 3 heterocycles. The zero-order valence-electron chi connectivity index (χ0n) is 24.7. The second-order valence-corrected chi connectivity index (χ2v) is 11.3. The average molecular weight is 591 g/mol. The van der Waals surface area contributed by atoms with Gasteiger partial charge in [-0.1, -0.05) is 97.1 Å². The second kappa shape index (κ2) is 10.7. The Kier molecular flexibility index (Phi) is 6.06. The van der Waals surface area contributed by atoms with E-state index in [0.717, 1.165) is 72.2 Å². The van der Waals surface area contributed by atoms with Gasteiger partial charge >= 0.3 is 0 Å². The highest BCUT2D eigenvalue weighted by atomic mass is 16.3. The Morgan fingerprint density at radius 3 is 1.70 bits per heavy atom. The van der Waals surface area contributed by atoms with E-state index < -0.39 is 0 Å². The molecule has 0 unspecified atom stereocenters. The first-order valence-corrected chi connectivity index (χ1v) is 15.3. The van der Waals surface area contributed by atoms with E-state index in [-0.39, 0.29) is 0 Å². The Hall–Kier alpha value is -6.33. The SMILES string of the molecule is c1ccc(-c2cc(-c3ccccc3)nc(-c3ccc(-n4c5ccccc5c5c6oc(-c7ccccc7)nc6ccc54)cc3)n2)cc1. The molecule has 0 radical (unpaired) electrons. The van der Waals surface area contributed by atoms with Crippen molar-refractivity contribution in [3.8, 4) is 51.0 Å². The first kappa shape index (κ1) is 26.1. The molecule has 3 aromatic heterocycles. The first-order valence-electron chi connectivity index (χ1n) is 15.3. The van der Waals surface area contributed by atoms with Crippen molar-refractivity contribution in [2.45, 2.75) is 0 Å². The maximum absolute atomic E-state index is 6.46. The molecule has 0 N–H and O–H groups in total. The van der Waals surface area contributed by atoms with Crippen LogP contribution < -0.4 is 0 Å². The quantitative estimate of drug-likeness (QED) is 0.200. The van der Waals surface area contributed by atoms with Crippen molar-refractivity contribution in [3.05, 3.63) is 158 Å². The summed E-state index contributed by atoms with van der Waals surface area (Å²) in [5.74, 6) is 1.31. The topological polar surface area (TPSA) is 56.7 Å². The molecule has 0 aliphatic heterocycles. The van der Waals surface area contributed by atoms with Crippen molar-refractivity contribution >= 4 is 32.9 Å². The molecule has 5 heteroatoms. The summed E-state index contributed by atoms with van der Waals surface area (Å²) in [4.78, 5) is 14.9. The van der Waals surface area contributed by atoms with Gasteiger partial charge in [0.05, 0.1) is 27.8 Å². The van der Waals surface area contributed by atoms with Crippen LogP contribution in [0.15, 0.2) is 162 Å². The van der Waals surface area contributed by atoms with Gasteiger partial charge in [0.15, 0.2) is 11.4 Å². The maximum atomic E-state index is 6.46. The predicted molar refractivity (Wildman–Crippen MR) is 186 cm³/mol. The van der Waals surface area contributed by atoms with Crippen molar-refractivity contribution < 1.29 is 4.42 Å². The van der Waals surface area contributed by atoms with Crippen LogP contribution >= 0.6 is 0 Å². The summed E-state index contributed by atoms with van der Waals surface area (Å²) in [6.45, 7) is 0. The van der Waals surface area contributed by atoms with E-state index in [1.807, 2.05) is 72.8 Å². The molecule has 6 aromatic carbocycles. The molecular formula is C41H26N4O. The van der Waals surface area contributed by atoms with Gasteiger partial charge in [0.25, 0.3) is 0 Å². The number of nitrogens with zero attached hydrogens (tertiary/aromatic N) is 4. The third-order valence-electron chi connectivity index (χ3n) is 8.46. The highest BCUT2D eigenvalue weighted by molar-refractivity contribution is 6.19. The summed E-state index contributed by atoms with van der Waals surface area (Å²) >= 11 is 0. The molecule has 0 atom stereocenters. The summed E-state index contributed by atoms with van der Waals surface area (Å²) in [6.07, 6.45) is 0. The van der Waals surface area contributed by atoms with E-state index in [2.05, 4.69) is 89.5 Å². The Bertz CT molecular complexity index is 2440. The van der Waals surface area contributed by atoms with Crippen LogP contribution in [0.1, 0.15) is 0 Å². The van der Waals surface area contributed by atoms with Gasteiger partial charge in [-0.2, -0.15) is 0 Å². The van der Waals surface area contributed by atoms with Crippen molar-refractivity contribution in [1.82, 2.24) is 19.5 Å². The van der Waals surface area contributed by atoms with Crippen LogP contribution in [0.5, 0.6) is 0 Å². The summed E-state index contributed by atoms with van der Waals surface area (Å²) in [5, 5.41) is 2.17. The van der Waals surface area contributed by atoms with Crippen LogP contribution in [-0.4, -0.2) is 19.5 Å². The van der Waals surface area contributed by atoms with Gasteiger partial charge in [0.2, 0.25) is 5.89 Å². The van der Waals surface area contributed by atoms with E-state index in [1.54, 1.807) is 0 Å². The smallest absolute Gasteiger partial charge is 0.227 e. The number of aromatic nitrogens is 4. The van der Waals surface area contributed by atoms with Gasteiger partial charge in [-0.25, -0.2) is 15.0 Å². The van der Waals surface area contributed by atoms with Crippen LogP contribution in [0.2, 0.25) is 0 Å². The standard InChI is InChI=1S/C41H26N4O/c1-4-12-27(13-5-1)34-26-35(28-14-6-2-7-15-28)43-40(42-34)29-20-22-31(23-21-29)45-36-19-11-10-18-32(36)38-37(45)25-24-33-39(38)46-41(44-33)30-16-8-3-9-17-30/h1-26H. The maximum Gasteiger partial charge on any atom is 0.227 e. The van der Waals surface area contributed by atoms with E-state index in [0.29, 0.717) is 11.7 Å². The fourth-order valence-electron chi connectivity index (χ4n) is 6.27. The Morgan fingerprint density at radius 1 is 0.457 bits per heavy atom. The number of hydrogen-bond donors (Lipinski definition) is 0. The molecule has 0 spiro atoms. The summed E-state index contributed by atoms with van der Waals surface area (Å²) < 4.78 is 8.74. The fourth-order valence-corrected chi connectivity index (χ4v) is 6.27. The van der Waals surface area contributed by atoms with Gasteiger partial charge < -0.3 is 8.98 Å². The van der Waals surface area contributed by atoms with Crippen molar-refractivity contribution in [1.29, 1.82) is 0 Å². The van der Waals surface area contributed by atoms with Crippen molar-refractivity contribution in [2.24, 2.45) is 0 Å². The minimum absolute atomic E-state index is 0.622. The lowest BCUT2D eigenvalue weighted by atomic mass is 10.1. The van der Waals surface area contributed by atoms with E-state index in [9.17, 15) is 0 Å². The fraction of sp³-hybridized carbons (Fsp3) is 0. The first-order chi connectivity index (χ1) is 22.8. The molecule has 0 bridgehead atoms. The van der Waals surface area contributed by atoms with Crippen LogP contribution in [0, 0.1) is 0 Å². The van der Waals surface area contributed by atoms with E-state index in [1.165, 1.54) is 0 Å². The van der Waals surface area contributed by atoms with Crippen molar-refractivity contribution in [2.75, 3.05) is 0 Å². The Balaban J connectivity index is 1.18. The predicted octanol–water partition coefficient (Wildman–Crippen LogP) is 10.4. The third-order valence-corrected chi connectivity index (χ3v) is 8.46. The molecule has 0 fully saturated rings. The zero-order valence-corrected chi connectivity index (χ0v) is 24.7. The summed E-state index contributed by atoms with van der Waals surface area (Å²) in [7, 11) is 0. The van der Waals surface area contributed by atoms with Crippen LogP contribution in [0.25, 0.3) is 83.9 Å². The number of rotatable bonds is 5. The highest BCUT2D eigenvalue weighted by Gasteiger charge is 2.19. The van der Waals surface area contributed by atoms with Gasteiger partial charge in [0.1, 0.15) is 5.52 Å². The number of para-hydroxylation sites is 1. The number of fused-ring (bicyclic) bond motifs is 5. The Labute approximate surface area is 265 Å². The van der Waals surface area contributed by atoms with E-state index >= 15 is 0 Å². The minimum atomic E-state index is 0.622. The van der Waals surface area contributed by atoms with Crippen molar-refractivity contribution in [3.63, 3.8) is 0 Å². The van der Waals surface area contributed by atoms with Crippen LogP contribution in [0.3, 0.4) is 0 Å². The molecule has 0 saturated heterocycles. The molecule has 5 nitrogen and oxygen atoms in total. The number of oxazole rings is 1. The zero-order chi connectivity index (χ0) is 30.5. The molecule has 46 heavy (non-hydrogen) atoms. The molecule has 216 valence electrons. The van der Waals surface area contributed by atoms with Gasteiger partial charge in [0, 0.05) is 33.3 Å². The molecule has 0 aliphatic carbocycles. The van der Waals surface area contributed by atoms with Gasteiger partial charge in [-0.15, -0.1) is 0 Å². The largest absolute Gasteiger partial charge is 0.435 e. The minimum Gasteiger partial charge on any atom is -0.435 e. The molecule has 0 saturated carbocycles. The lowest BCUT2D eigenvalue weighted by molar-refractivity contribution is 0.623. The lowest BCUT2D eigenvalue weighted by Gasteiger charge is -2.11. The molecule has 0 amide bonds. The van der Waals surface area contributed by atoms with Crippen LogP contribution in [-0.2, 0) is 0 Å². The summed E-state index contributed by atoms with van der Waals surface area (Å²) in [6, 6.07) is 53.8. The monoisotopic (exact) mass is 590 g/mol. The molecular weight excluding hydrogens is 564 g/mol. The number of benzene rings is 6. The van der Waals surface area contributed by atoms with Gasteiger partial charge in [-0.05, 0) is 60.7 Å². The normalized spacial score (nSPS) is 11.5. The van der Waals surface area contributed by atoms with Gasteiger partial charge in [-0.3, -0.25) is 0 Å². The highest BCUT2D eigenvalue weighted by Crippen LogP contribution is 2.38. The lowest BCUT2D eigenvalue weighted by Crippen LogP contribution is -1.97. The molecule has 9 aromatic rings. The number of hydrogen-bond acceptors (Lipinski definition) is 4. The third kappa shape index (κ3) is 4.37. The molecule has 0 aliphatic rings. The average Bonchev–Trinajstić information content (AvgIpc) is 3.72. The Morgan fingerprint density at radius 2 is 1.04 bits per heavy atom.